The van der Waals surface area contributed by atoms with Crippen LogP contribution in [0.4, 0.5) is 0 Å². The smallest absolute Gasteiger partial charge is 0.360 e. The quantitative estimate of drug-likeness (QED) is 0.371. The number of Topliss-reactive ketones (excluding diaryl/α,β-unsaturated/α-hetero) is 1. The third-order valence-electron chi connectivity index (χ3n) is 4.13. The molecule has 0 heterocycles. The van der Waals surface area contributed by atoms with E-state index in [1.165, 1.54) is 36.4 Å². The Morgan fingerprint density at radius 1 is 0.821 bits per heavy atom. The van der Waals surface area contributed by atoms with Crippen LogP contribution in [0.2, 0.25) is 0 Å². The normalized spacial score (nSPS) is 13.8. The van der Waals surface area contributed by atoms with Gasteiger partial charge in [-0.25, -0.2) is 14.4 Å². The van der Waals surface area contributed by atoms with Crippen molar-refractivity contribution in [3.63, 3.8) is 0 Å². The first-order valence-corrected chi connectivity index (χ1v) is 8.15. The van der Waals surface area contributed by atoms with E-state index in [-0.39, 0.29) is 11.1 Å². The minimum absolute atomic E-state index is 0.106. The number of ketones is 1. The van der Waals surface area contributed by atoms with Crippen LogP contribution in [-0.2, 0) is 14.3 Å². The summed E-state index contributed by atoms with van der Waals surface area (Å²) in [6, 6.07) is 11.3. The highest BCUT2D eigenvalue weighted by Crippen LogP contribution is 2.26. The van der Waals surface area contributed by atoms with Crippen molar-refractivity contribution in [2.45, 2.75) is 25.6 Å². The molecule has 0 fully saturated rings. The number of aliphatic hydroxyl groups is 1. The molecule has 2 atom stereocenters. The first kappa shape index (κ1) is 20.8. The number of carboxylic acids is 2. The maximum atomic E-state index is 12.9. The zero-order valence-corrected chi connectivity index (χ0v) is 15.1. The van der Waals surface area contributed by atoms with Crippen molar-refractivity contribution in [1.82, 2.24) is 0 Å². The molecule has 0 aliphatic rings. The van der Waals surface area contributed by atoms with E-state index in [2.05, 4.69) is 0 Å². The van der Waals surface area contributed by atoms with Crippen molar-refractivity contribution >= 4 is 23.7 Å². The third kappa shape index (κ3) is 3.91. The molecule has 2 rings (SSSR count). The molecule has 3 N–H and O–H groups in total. The standard InChI is InChI=1S/C20H18O8/c1-11-3-7-13(8-4-11)15(21)20(19(26)27,16(22)17(23)24)28-18(25)14-9-5-12(2)6-10-14/h3-10,16,22H,1-2H3,(H,23,24)(H,26,27)/t16-,20?/m0/s1. The zero-order valence-electron chi connectivity index (χ0n) is 15.1. The Balaban J connectivity index is 2.56. The first-order valence-electron chi connectivity index (χ1n) is 8.15. The van der Waals surface area contributed by atoms with E-state index >= 15 is 0 Å². The number of carbonyl (C=O) groups is 4. The molecule has 0 bridgehead atoms. The number of carbonyl (C=O) groups excluding carboxylic acids is 2. The Kier molecular flexibility index (Phi) is 5.95. The van der Waals surface area contributed by atoms with Crippen molar-refractivity contribution in [1.29, 1.82) is 0 Å². The van der Waals surface area contributed by atoms with E-state index in [9.17, 15) is 29.4 Å². The van der Waals surface area contributed by atoms with Crippen LogP contribution >= 0.6 is 0 Å². The average molecular weight is 386 g/mol. The summed E-state index contributed by atoms with van der Waals surface area (Å²) < 4.78 is 4.88. The van der Waals surface area contributed by atoms with Crippen LogP contribution in [0.15, 0.2) is 48.5 Å². The average Bonchev–Trinajstić information content (AvgIpc) is 2.65. The molecule has 0 aliphatic carbocycles. The van der Waals surface area contributed by atoms with E-state index in [1.807, 2.05) is 0 Å². The number of rotatable bonds is 7. The second-order valence-electron chi connectivity index (χ2n) is 6.23. The molecule has 2 aromatic carbocycles. The Bertz CT molecular complexity index is 914. The lowest BCUT2D eigenvalue weighted by atomic mass is 9.86. The summed E-state index contributed by atoms with van der Waals surface area (Å²) in [6.45, 7) is 3.48. The van der Waals surface area contributed by atoms with Crippen molar-refractivity contribution < 1.29 is 39.2 Å². The lowest BCUT2D eigenvalue weighted by Gasteiger charge is -2.30. The predicted molar refractivity (Wildman–Crippen MR) is 96.1 cm³/mol. The SMILES string of the molecule is Cc1ccc(C(=O)OC(C(=O)O)(C(=O)c2ccc(C)cc2)[C@@H](O)C(=O)O)cc1. The lowest BCUT2D eigenvalue weighted by molar-refractivity contribution is -0.176. The summed E-state index contributed by atoms with van der Waals surface area (Å²) >= 11 is 0. The van der Waals surface area contributed by atoms with Crippen LogP contribution in [0.3, 0.4) is 0 Å². The van der Waals surface area contributed by atoms with Gasteiger partial charge in [0.1, 0.15) is 0 Å². The summed E-state index contributed by atoms with van der Waals surface area (Å²) in [5, 5.41) is 28.9. The van der Waals surface area contributed by atoms with Gasteiger partial charge < -0.3 is 20.1 Å². The first-order chi connectivity index (χ1) is 13.1. The Labute approximate surface area is 160 Å². The molecule has 8 heteroatoms. The van der Waals surface area contributed by atoms with Crippen LogP contribution in [0.1, 0.15) is 31.8 Å². The minimum atomic E-state index is -3.36. The second kappa shape index (κ2) is 8.01. The highest BCUT2D eigenvalue weighted by atomic mass is 16.6. The number of aliphatic hydroxyl groups excluding tert-OH is 1. The number of aryl methyl sites for hydroxylation is 2. The van der Waals surface area contributed by atoms with Crippen LogP contribution < -0.4 is 0 Å². The molecule has 146 valence electrons. The fourth-order valence-corrected chi connectivity index (χ4v) is 2.47. The fraction of sp³-hybridized carbons (Fsp3) is 0.200. The Morgan fingerprint density at radius 2 is 1.25 bits per heavy atom. The number of esters is 1. The van der Waals surface area contributed by atoms with Crippen molar-refractivity contribution in [2.24, 2.45) is 0 Å². The number of carboxylic acid groups (broad SMARTS) is 2. The molecule has 0 spiro atoms. The fourth-order valence-electron chi connectivity index (χ4n) is 2.47. The third-order valence-corrected chi connectivity index (χ3v) is 4.13. The molecule has 0 aromatic heterocycles. The van der Waals surface area contributed by atoms with E-state index < -0.39 is 35.4 Å². The molecular weight excluding hydrogens is 368 g/mol. The monoisotopic (exact) mass is 386 g/mol. The van der Waals surface area contributed by atoms with Crippen molar-refractivity contribution in [3.05, 3.63) is 70.8 Å². The number of benzene rings is 2. The van der Waals surface area contributed by atoms with Gasteiger partial charge in [-0.15, -0.1) is 0 Å². The molecule has 0 saturated heterocycles. The van der Waals surface area contributed by atoms with Gasteiger partial charge in [-0.1, -0.05) is 47.5 Å². The van der Waals surface area contributed by atoms with Gasteiger partial charge in [-0.2, -0.15) is 0 Å². The largest absolute Gasteiger partial charge is 0.479 e. The van der Waals surface area contributed by atoms with E-state index in [4.69, 9.17) is 9.84 Å². The number of hydrogen-bond acceptors (Lipinski definition) is 6. The summed E-state index contributed by atoms with van der Waals surface area (Å²) in [4.78, 5) is 48.7. The van der Waals surface area contributed by atoms with Gasteiger partial charge >= 0.3 is 23.5 Å². The molecular formula is C20H18O8. The highest BCUT2D eigenvalue weighted by molar-refractivity contribution is 6.19. The maximum Gasteiger partial charge on any atom is 0.360 e. The van der Waals surface area contributed by atoms with Crippen molar-refractivity contribution in [3.8, 4) is 0 Å². The van der Waals surface area contributed by atoms with Crippen molar-refractivity contribution in [2.75, 3.05) is 0 Å². The van der Waals surface area contributed by atoms with E-state index in [1.54, 1.807) is 26.0 Å². The van der Waals surface area contributed by atoms with Crippen LogP contribution in [0.5, 0.6) is 0 Å². The molecule has 8 nitrogen and oxygen atoms in total. The van der Waals surface area contributed by atoms with E-state index in [0.717, 1.165) is 11.1 Å². The molecule has 2 aromatic rings. The van der Waals surface area contributed by atoms with Gasteiger partial charge in [0.2, 0.25) is 11.9 Å². The molecule has 0 amide bonds. The summed E-state index contributed by atoms with van der Waals surface area (Å²) in [5.41, 5.74) is -2.13. The zero-order chi connectivity index (χ0) is 21.1. The van der Waals surface area contributed by atoms with Gasteiger partial charge in [0.05, 0.1) is 5.56 Å². The molecule has 1 unspecified atom stereocenters. The predicted octanol–water partition coefficient (Wildman–Crippen LogP) is 1.61. The molecule has 0 aliphatic heterocycles. The van der Waals surface area contributed by atoms with E-state index in [0.29, 0.717) is 0 Å². The minimum Gasteiger partial charge on any atom is -0.479 e. The Morgan fingerprint density at radius 3 is 1.64 bits per heavy atom. The van der Waals surface area contributed by atoms with Crippen LogP contribution in [0.25, 0.3) is 0 Å². The van der Waals surface area contributed by atoms with Gasteiger partial charge in [0, 0.05) is 5.56 Å². The van der Waals surface area contributed by atoms with Gasteiger partial charge in [-0.3, -0.25) is 4.79 Å². The number of hydrogen-bond donors (Lipinski definition) is 3. The van der Waals surface area contributed by atoms with Crippen LogP contribution in [0, 0.1) is 13.8 Å². The summed E-state index contributed by atoms with van der Waals surface area (Å²) in [6.07, 6.45) is -2.83. The maximum absolute atomic E-state index is 12.9. The highest BCUT2D eigenvalue weighted by Gasteiger charge is 2.59. The lowest BCUT2D eigenvalue weighted by Crippen LogP contribution is -2.61. The topological polar surface area (TPSA) is 138 Å². The Hall–Kier alpha value is -3.52. The van der Waals surface area contributed by atoms with Crippen LogP contribution in [-0.4, -0.2) is 50.7 Å². The summed E-state index contributed by atoms with van der Waals surface area (Å²) in [5.74, 6) is -6.76. The van der Waals surface area contributed by atoms with Gasteiger partial charge in [0.15, 0.2) is 0 Å². The number of ether oxygens (including phenoxy) is 1. The molecule has 0 saturated carbocycles. The molecule has 0 radical (unpaired) electrons. The molecule has 28 heavy (non-hydrogen) atoms. The van der Waals surface area contributed by atoms with Gasteiger partial charge in [0.25, 0.3) is 0 Å². The van der Waals surface area contributed by atoms with Gasteiger partial charge in [-0.05, 0) is 26.0 Å². The number of aliphatic carboxylic acids is 2. The second-order valence-corrected chi connectivity index (χ2v) is 6.23. The summed E-state index contributed by atoms with van der Waals surface area (Å²) in [7, 11) is 0.